The van der Waals surface area contributed by atoms with Gasteiger partial charge in [-0.05, 0) is 6.42 Å². The van der Waals surface area contributed by atoms with Crippen LogP contribution in [-0.4, -0.2) is 54.6 Å². The first-order chi connectivity index (χ1) is 4.18. The molecule has 1 N–H and O–H groups in total. The van der Waals surface area contributed by atoms with E-state index in [0.717, 1.165) is 6.42 Å². The Kier molecular flexibility index (Phi) is 9.78. The molecule has 0 saturated heterocycles. The summed E-state index contributed by atoms with van der Waals surface area (Å²) in [5.74, 6) is -2.00. The van der Waals surface area contributed by atoms with Crippen LogP contribution in [-0.2, 0) is 9.59 Å². The van der Waals surface area contributed by atoms with Crippen molar-refractivity contribution in [2.45, 2.75) is 26.2 Å². The van der Waals surface area contributed by atoms with E-state index in [1.165, 1.54) is 0 Å². The van der Waals surface area contributed by atoms with Gasteiger partial charge >= 0.3 is 43.7 Å². The van der Waals surface area contributed by atoms with Crippen LogP contribution in [0.3, 0.4) is 0 Å². The van der Waals surface area contributed by atoms with Crippen molar-refractivity contribution in [3.05, 3.63) is 0 Å². The molecule has 4 heteroatoms. The van der Waals surface area contributed by atoms with Gasteiger partial charge in [-0.2, -0.15) is 0 Å². The topological polar surface area (TPSA) is 54.4 Å². The van der Waals surface area contributed by atoms with Gasteiger partial charge in [0.1, 0.15) is 0 Å². The van der Waals surface area contributed by atoms with Gasteiger partial charge in [-0.15, -0.1) is 0 Å². The van der Waals surface area contributed by atoms with Crippen molar-refractivity contribution in [2.75, 3.05) is 0 Å². The second-order valence-corrected chi connectivity index (χ2v) is 1.83. The van der Waals surface area contributed by atoms with E-state index in [1.807, 2.05) is 6.92 Å². The van der Waals surface area contributed by atoms with Crippen molar-refractivity contribution in [1.29, 1.82) is 0 Å². The molecule has 0 atom stereocenters. The minimum atomic E-state index is -1.32. The van der Waals surface area contributed by atoms with Crippen LogP contribution < -0.4 is 0 Å². The summed E-state index contributed by atoms with van der Waals surface area (Å²) >= 11 is 0. The van der Waals surface area contributed by atoms with E-state index < -0.39 is 11.8 Å². The van der Waals surface area contributed by atoms with Crippen molar-refractivity contribution in [1.82, 2.24) is 0 Å². The molecule has 3 nitrogen and oxygen atoms in total. The maximum absolute atomic E-state index is 10.3. The van der Waals surface area contributed by atoms with Crippen molar-refractivity contribution in [2.24, 2.45) is 0 Å². The fraction of sp³-hybridized carbons (Fsp3) is 0.667. The molecular weight excluding hydrogens is 160 g/mol. The number of rotatable bonds is 4. The Morgan fingerprint density at radius 2 is 1.90 bits per heavy atom. The van der Waals surface area contributed by atoms with E-state index >= 15 is 0 Å². The van der Waals surface area contributed by atoms with Crippen LogP contribution in [0.15, 0.2) is 0 Å². The Morgan fingerprint density at radius 3 is 2.20 bits per heavy atom. The molecule has 0 aromatic carbocycles. The Balaban J connectivity index is 0. The zero-order valence-corrected chi connectivity index (χ0v) is 5.39. The molecule has 0 aliphatic rings. The van der Waals surface area contributed by atoms with Gasteiger partial charge in [0, 0.05) is 6.42 Å². The summed E-state index contributed by atoms with van der Waals surface area (Å²) in [6.45, 7) is 1.91. The van der Waals surface area contributed by atoms with Gasteiger partial charge in [0.15, 0.2) is 0 Å². The molecule has 0 bridgehead atoms. The second-order valence-electron chi connectivity index (χ2n) is 1.83. The number of Topliss-reactive ketones (excluding diaryl/α,β-unsaturated/α-hetero) is 1. The van der Waals surface area contributed by atoms with Gasteiger partial charge in [0.2, 0.25) is 5.78 Å². The number of carboxylic acids is 1. The molecule has 0 heterocycles. The second kappa shape index (κ2) is 7.51. The first-order valence-corrected chi connectivity index (χ1v) is 2.94. The molecule has 10 heavy (non-hydrogen) atoms. The Hall–Kier alpha value is 0.400. The summed E-state index contributed by atoms with van der Waals surface area (Å²) in [5.41, 5.74) is 0. The number of carbonyl (C=O) groups excluding carboxylic acids is 1. The SMILES string of the molecule is CCCCC(=O)C(=O)O.[CaH2]. The molecule has 0 fully saturated rings. The molecule has 0 rings (SSSR count). The molecule has 0 saturated carbocycles. The van der Waals surface area contributed by atoms with E-state index in [-0.39, 0.29) is 44.2 Å². The predicted molar refractivity (Wildman–Crippen MR) is 40.7 cm³/mol. The van der Waals surface area contributed by atoms with Crippen LogP contribution in [0.5, 0.6) is 0 Å². The van der Waals surface area contributed by atoms with Crippen molar-refractivity contribution in [3.63, 3.8) is 0 Å². The van der Waals surface area contributed by atoms with Gasteiger partial charge in [-0.25, -0.2) is 4.79 Å². The summed E-state index contributed by atoms with van der Waals surface area (Å²) in [7, 11) is 0. The van der Waals surface area contributed by atoms with Crippen LogP contribution in [0.2, 0.25) is 0 Å². The number of hydrogen-bond acceptors (Lipinski definition) is 2. The molecule has 0 aromatic rings. The molecule has 0 aromatic heterocycles. The van der Waals surface area contributed by atoms with Gasteiger partial charge in [-0.1, -0.05) is 13.3 Å². The molecule has 0 aliphatic carbocycles. The van der Waals surface area contributed by atoms with Crippen LogP contribution in [0.4, 0.5) is 0 Å². The van der Waals surface area contributed by atoms with E-state index in [9.17, 15) is 9.59 Å². The quantitative estimate of drug-likeness (QED) is 0.476. The van der Waals surface area contributed by atoms with Crippen molar-refractivity contribution < 1.29 is 14.7 Å². The molecule has 0 aliphatic heterocycles. The maximum atomic E-state index is 10.3. The molecule has 0 amide bonds. The van der Waals surface area contributed by atoms with E-state index in [4.69, 9.17) is 5.11 Å². The molecule has 56 valence electrons. The zero-order chi connectivity index (χ0) is 7.28. The van der Waals surface area contributed by atoms with Gasteiger partial charge in [0.05, 0.1) is 0 Å². The van der Waals surface area contributed by atoms with E-state index in [0.29, 0.717) is 6.42 Å². The predicted octanol–water partition coefficient (Wildman–Crippen LogP) is -0.0859. The van der Waals surface area contributed by atoms with Gasteiger partial charge < -0.3 is 5.11 Å². The summed E-state index contributed by atoms with van der Waals surface area (Å²) < 4.78 is 0. The number of unbranched alkanes of at least 4 members (excludes halogenated alkanes) is 1. The monoisotopic (exact) mass is 172 g/mol. The normalized spacial score (nSPS) is 8.10. The Labute approximate surface area is 89.8 Å². The summed E-state index contributed by atoms with van der Waals surface area (Å²) in [6.07, 6.45) is 1.70. The number of ketones is 1. The summed E-state index contributed by atoms with van der Waals surface area (Å²) in [4.78, 5) is 20.2. The first-order valence-electron chi connectivity index (χ1n) is 2.94. The number of carbonyl (C=O) groups is 2. The Bertz CT molecular complexity index is 122. The third-order valence-electron chi connectivity index (χ3n) is 0.996. The van der Waals surface area contributed by atoms with Crippen LogP contribution in [0, 0.1) is 0 Å². The zero-order valence-electron chi connectivity index (χ0n) is 5.39. The molecule has 0 radical (unpaired) electrons. The third-order valence-corrected chi connectivity index (χ3v) is 0.996. The molecular formula is C6H12CaO3. The van der Waals surface area contributed by atoms with E-state index in [2.05, 4.69) is 0 Å². The summed E-state index contributed by atoms with van der Waals surface area (Å²) in [5, 5.41) is 8.06. The van der Waals surface area contributed by atoms with Gasteiger partial charge in [0.25, 0.3) is 0 Å². The van der Waals surface area contributed by atoms with Gasteiger partial charge in [-0.3, -0.25) is 4.79 Å². The third kappa shape index (κ3) is 6.52. The fourth-order valence-electron chi connectivity index (χ4n) is 0.444. The Morgan fingerprint density at radius 1 is 1.40 bits per heavy atom. The number of aliphatic carboxylic acids is 1. The van der Waals surface area contributed by atoms with Crippen molar-refractivity contribution >= 4 is 49.5 Å². The average molecular weight is 172 g/mol. The number of carboxylic acid groups (broad SMARTS) is 1. The number of hydrogen-bond donors (Lipinski definition) is 1. The van der Waals surface area contributed by atoms with Crippen LogP contribution in [0.25, 0.3) is 0 Å². The fourth-order valence-corrected chi connectivity index (χ4v) is 0.444. The molecule has 0 spiro atoms. The standard InChI is InChI=1S/C6H10O3.Ca.2H/c1-2-3-4-5(7)6(8)9;;;/h2-4H2,1H3,(H,8,9);;;. The van der Waals surface area contributed by atoms with E-state index in [1.54, 1.807) is 0 Å². The summed E-state index contributed by atoms with van der Waals surface area (Å²) in [6, 6.07) is 0. The van der Waals surface area contributed by atoms with Crippen LogP contribution >= 0.6 is 0 Å². The average Bonchev–Trinajstić information content (AvgIpc) is 1.82. The first kappa shape index (κ1) is 13.0. The van der Waals surface area contributed by atoms with Crippen molar-refractivity contribution in [3.8, 4) is 0 Å². The van der Waals surface area contributed by atoms with Crippen LogP contribution in [0.1, 0.15) is 26.2 Å². The molecule has 0 unspecified atom stereocenters. The minimum absolute atomic E-state index is 0.